The van der Waals surface area contributed by atoms with E-state index in [2.05, 4.69) is 0 Å². The van der Waals surface area contributed by atoms with Gasteiger partial charge in [-0.15, -0.1) is 0 Å². The van der Waals surface area contributed by atoms with E-state index in [1.807, 2.05) is 104 Å². The van der Waals surface area contributed by atoms with E-state index in [-0.39, 0.29) is 17.1 Å². The van der Waals surface area contributed by atoms with Crippen LogP contribution < -0.4 is 18.9 Å². The highest BCUT2D eigenvalue weighted by atomic mass is 32.2. The third-order valence-electron chi connectivity index (χ3n) is 9.08. The van der Waals surface area contributed by atoms with Gasteiger partial charge in [-0.3, -0.25) is 9.35 Å². The predicted octanol–water partition coefficient (Wildman–Crippen LogP) is 11.3. The summed E-state index contributed by atoms with van der Waals surface area (Å²) in [5, 5.41) is 5.80. The molecule has 0 saturated carbocycles. The standard InChI is InChI=1S/C45H32O8S/c1-28-3-5-29(6-4-28)45(46)36-13-20-43(44(27-36)54(47,48)49)53-42-19-12-34-25-41(18-11-35(34)26-42)52-40-17-10-32-23-39(16-9-33(32)24-40)51-38-15-8-30-21-37(50-2)14-7-31(30)22-38/h3-27H,1-2H3,(H,47,48,49). The molecule has 0 spiro atoms. The third kappa shape index (κ3) is 7.31. The van der Waals surface area contributed by atoms with Crippen molar-refractivity contribution in [1.82, 2.24) is 0 Å². The second kappa shape index (κ2) is 14.0. The Kier molecular flexibility index (Phi) is 8.95. The molecule has 0 aromatic heterocycles. The van der Waals surface area contributed by atoms with Crippen molar-refractivity contribution < 1.29 is 36.7 Å². The molecule has 0 heterocycles. The fraction of sp³-hybridized carbons (Fsp3) is 0.0444. The molecule has 0 amide bonds. The van der Waals surface area contributed by atoms with E-state index in [0.29, 0.717) is 22.8 Å². The number of ketones is 1. The van der Waals surface area contributed by atoms with E-state index < -0.39 is 15.0 Å². The minimum Gasteiger partial charge on any atom is -0.497 e. The van der Waals surface area contributed by atoms with E-state index in [1.54, 1.807) is 43.5 Å². The van der Waals surface area contributed by atoms with Gasteiger partial charge in [0.05, 0.1) is 7.11 Å². The number of aryl methyl sites for hydroxylation is 1. The highest BCUT2D eigenvalue weighted by Gasteiger charge is 2.21. The van der Waals surface area contributed by atoms with Crippen molar-refractivity contribution in [2.24, 2.45) is 0 Å². The molecular weight excluding hydrogens is 701 g/mol. The van der Waals surface area contributed by atoms with E-state index in [9.17, 15) is 17.8 Å². The summed E-state index contributed by atoms with van der Waals surface area (Å²) in [6, 6.07) is 45.4. The fourth-order valence-corrected chi connectivity index (χ4v) is 6.90. The Labute approximate surface area is 311 Å². The van der Waals surface area contributed by atoms with Crippen LogP contribution in [0.2, 0.25) is 0 Å². The first kappa shape index (κ1) is 34.4. The molecule has 0 saturated heterocycles. The van der Waals surface area contributed by atoms with Crippen LogP contribution in [0.5, 0.6) is 40.2 Å². The van der Waals surface area contributed by atoms with Crippen LogP contribution in [0.1, 0.15) is 21.5 Å². The van der Waals surface area contributed by atoms with Crippen molar-refractivity contribution in [3.63, 3.8) is 0 Å². The summed E-state index contributed by atoms with van der Waals surface area (Å²) >= 11 is 0. The molecular formula is C45H32O8S. The largest absolute Gasteiger partial charge is 0.497 e. The van der Waals surface area contributed by atoms with Gasteiger partial charge in [0.1, 0.15) is 45.1 Å². The summed E-state index contributed by atoms with van der Waals surface area (Å²) in [5.74, 6) is 3.43. The van der Waals surface area contributed by atoms with Gasteiger partial charge in [0.15, 0.2) is 5.78 Å². The molecule has 8 rings (SSSR count). The van der Waals surface area contributed by atoms with Crippen LogP contribution >= 0.6 is 0 Å². The zero-order valence-electron chi connectivity index (χ0n) is 29.1. The molecule has 0 atom stereocenters. The van der Waals surface area contributed by atoms with Crippen LogP contribution in [-0.2, 0) is 10.1 Å². The molecule has 54 heavy (non-hydrogen) atoms. The molecule has 266 valence electrons. The smallest absolute Gasteiger partial charge is 0.298 e. The fourth-order valence-electron chi connectivity index (χ4n) is 6.26. The van der Waals surface area contributed by atoms with Gasteiger partial charge >= 0.3 is 0 Å². The lowest BCUT2D eigenvalue weighted by atomic mass is 10.0. The lowest BCUT2D eigenvalue weighted by molar-refractivity contribution is 0.103. The minimum atomic E-state index is -4.72. The van der Waals surface area contributed by atoms with Crippen molar-refractivity contribution in [3.05, 3.63) is 168 Å². The highest BCUT2D eigenvalue weighted by molar-refractivity contribution is 7.86. The van der Waals surface area contributed by atoms with Gasteiger partial charge in [-0.2, -0.15) is 8.42 Å². The maximum atomic E-state index is 13.0. The number of carbonyl (C=O) groups excluding carboxylic acids is 1. The van der Waals surface area contributed by atoms with Crippen LogP contribution in [-0.4, -0.2) is 25.9 Å². The summed E-state index contributed by atoms with van der Waals surface area (Å²) in [4.78, 5) is 12.5. The molecule has 0 aliphatic rings. The molecule has 0 radical (unpaired) electrons. The van der Waals surface area contributed by atoms with Crippen molar-refractivity contribution in [1.29, 1.82) is 0 Å². The number of methoxy groups -OCH3 is 1. The maximum absolute atomic E-state index is 13.0. The zero-order valence-corrected chi connectivity index (χ0v) is 30.0. The molecule has 1 N–H and O–H groups in total. The number of hydrogen-bond donors (Lipinski definition) is 1. The zero-order chi connectivity index (χ0) is 37.4. The second-order valence-electron chi connectivity index (χ2n) is 12.9. The number of fused-ring (bicyclic) bond motifs is 3. The number of benzene rings is 8. The highest BCUT2D eigenvalue weighted by Crippen LogP contribution is 2.35. The molecule has 8 nitrogen and oxygen atoms in total. The van der Waals surface area contributed by atoms with E-state index >= 15 is 0 Å². The van der Waals surface area contributed by atoms with E-state index in [4.69, 9.17) is 18.9 Å². The van der Waals surface area contributed by atoms with Crippen LogP contribution in [0.25, 0.3) is 32.3 Å². The summed E-state index contributed by atoms with van der Waals surface area (Å²) in [6.07, 6.45) is 0. The molecule has 8 aromatic rings. The van der Waals surface area contributed by atoms with Gasteiger partial charge < -0.3 is 18.9 Å². The Morgan fingerprint density at radius 2 is 0.833 bits per heavy atom. The van der Waals surface area contributed by atoms with Crippen molar-refractivity contribution in [2.45, 2.75) is 11.8 Å². The van der Waals surface area contributed by atoms with Crippen LogP contribution in [0, 0.1) is 6.92 Å². The van der Waals surface area contributed by atoms with Gasteiger partial charge in [0.2, 0.25) is 0 Å². The quantitative estimate of drug-likeness (QED) is 0.109. The first-order valence-corrected chi connectivity index (χ1v) is 18.4. The van der Waals surface area contributed by atoms with Gasteiger partial charge in [-0.05, 0) is 130 Å². The number of rotatable bonds is 10. The Morgan fingerprint density at radius 1 is 0.463 bits per heavy atom. The number of carbonyl (C=O) groups is 1. The number of ether oxygens (including phenoxy) is 4. The van der Waals surface area contributed by atoms with Crippen molar-refractivity contribution in [2.75, 3.05) is 7.11 Å². The summed E-state index contributed by atoms with van der Waals surface area (Å²) < 4.78 is 58.4. The maximum Gasteiger partial charge on any atom is 0.298 e. The average molecular weight is 733 g/mol. The second-order valence-corrected chi connectivity index (χ2v) is 14.2. The van der Waals surface area contributed by atoms with Crippen LogP contribution in [0.4, 0.5) is 0 Å². The van der Waals surface area contributed by atoms with Crippen LogP contribution in [0.3, 0.4) is 0 Å². The third-order valence-corrected chi connectivity index (χ3v) is 9.96. The molecule has 0 aliphatic carbocycles. The van der Waals surface area contributed by atoms with Crippen molar-refractivity contribution >= 4 is 48.2 Å². The first-order valence-electron chi connectivity index (χ1n) is 17.0. The molecule has 0 aliphatic heterocycles. The average Bonchev–Trinajstić information content (AvgIpc) is 3.17. The van der Waals surface area contributed by atoms with E-state index in [1.165, 1.54) is 12.1 Å². The Bertz CT molecular complexity index is 2850. The minimum absolute atomic E-state index is 0.106. The number of hydrogen-bond acceptors (Lipinski definition) is 7. The molecule has 9 heteroatoms. The Balaban J connectivity index is 0.968. The van der Waals surface area contributed by atoms with Gasteiger partial charge in [0.25, 0.3) is 10.1 Å². The molecule has 8 aromatic carbocycles. The molecule has 0 fully saturated rings. The Hall–Kier alpha value is -6.68. The van der Waals surface area contributed by atoms with Gasteiger partial charge in [-0.1, -0.05) is 66.2 Å². The summed E-state index contributed by atoms with van der Waals surface area (Å²) in [5.41, 5.74) is 1.49. The normalized spacial score (nSPS) is 11.5. The summed E-state index contributed by atoms with van der Waals surface area (Å²) in [7, 11) is -3.06. The molecule has 0 bridgehead atoms. The van der Waals surface area contributed by atoms with Gasteiger partial charge in [0, 0.05) is 11.1 Å². The lowest BCUT2D eigenvalue weighted by Gasteiger charge is -2.13. The monoisotopic (exact) mass is 732 g/mol. The van der Waals surface area contributed by atoms with Crippen molar-refractivity contribution in [3.8, 4) is 40.2 Å². The van der Waals surface area contributed by atoms with Gasteiger partial charge in [-0.25, -0.2) is 0 Å². The lowest BCUT2D eigenvalue weighted by Crippen LogP contribution is -2.06. The SMILES string of the molecule is COc1ccc2cc(Oc3ccc4cc(Oc5ccc6cc(Oc7ccc(C(=O)c8ccc(C)cc8)cc7S(=O)(=O)O)ccc6c5)ccc4c3)ccc2c1. The summed E-state index contributed by atoms with van der Waals surface area (Å²) in [6.45, 7) is 1.90. The van der Waals surface area contributed by atoms with E-state index in [0.717, 1.165) is 61.2 Å². The van der Waals surface area contributed by atoms with Crippen LogP contribution in [0.15, 0.2) is 157 Å². The topological polar surface area (TPSA) is 108 Å². The Morgan fingerprint density at radius 3 is 1.24 bits per heavy atom. The molecule has 0 unspecified atom stereocenters. The first-order chi connectivity index (χ1) is 26.1. The predicted molar refractivity (Wildman–Crippen MR) is 209 cm³/mol.